The Morgan fingerprint density at radius 1 is 1.29 bits per heavy atom. The topological polar surface area (TPSA) is 98.0 Å². The first-order chi connectivity index (χ1) is 6.56. The van der Waals surface area contributed by atoms with Crippen molar-refractivity contribution < 1.29 is 25.2 Å². The Morgan fingerprint density at radius 3 is 2.43 bits per heavy atom. The smallest absolute Gasteiger partial charge is 0.193 e. The van der Waals surface area contributed by atoms with Crippen molar-refractivity contribution in [3.63, 3.8) is 0 Å². The van der Waals surface area contributed by atoms with E-state index in [-0.39, 0.29) is 11.3 Å². The van der Waals surface area contributed by atoms with Gasteiger partial charge in [0, 0.05) is 5.56 Å². The number of carbonyl (C=O) groups excluding carboxylic acids is 1. The molecule has 76 valence electrons. The van der Waals surface area contributed by atoms with E-state index in [2.05, 4.69) is 0 Å². The molecule has 4 N–H and O–H groups in total. The van der Waals surface area contributed by atoms with Crippen LogP contribution in [0.1, 0.15) is 10.4 Å². The highest BCUT2D eigenvalue weighted by atomic mass is 16.3. The van der Waals surface area contributed by atoms with E-state index in [1.54, 1.807) is 0 Å². The SMILES string of the molecule is O=C(c1ccc(O)c(O)c1)[C@H](O)CO. The van der Waals surface area contributed by atoms with E-state index in [4.69, 9.17) is 20.4 Å². The Labute approximate surface area is 79.9 Å². The number of phenolic OH excluding ortho intramolecular Hbond substituents is 2. The predicted octanol–water partition coefficient (Wildman–Crippen LogP) is -0.366. The molecule has 1 atom stereocenters. The molecule has 0 spiro atoms. The fourth-order valence-corrected chi connectivity index (χ4v) is 0.952. The average Bonchev–Trinajstić information content (AvgIpc) is 2.20. The summed E-state index contributed by atoms with van der Waals surface area (Å²) in [5.41, 5.74) is 0.0295. The van der Waals surface area contributed by atoms with E-state index in [1.807, 2.05) is 0 Å². The van der Waals surface area contributed by atoms with Crippen molar-refractivity contribution >= 4 is 5.78 Å². The number of ketones is 1. The number of hydrogen-bond acceptors (Lipinski definition) is 5. The van der Waals surface area contributed by atoms with E-state index in [9.17, 15) is 4.79 Å². The zero-order valence-corrected chi connectivity index (χ0v) is 7.21. The maximum atomic E-state index is 11.2. The van der Waals surface area contributed by atoms with Crippen LogP contribution in [0.15, 0.2) is 18.2 Å². The fourth-order valence-electron chi connectivity index (χ4n) is 0.952. The van der Waals surface area contributed by atoms with Gasteiger partial charge in [-0.05, 0) is 18.2 Å². The summed E-state index contributed by atoms with van der Waals surface area (Å²) in [5, 5.41) is 35.5. The molecule has 0 aliphatic heterocycles. The molecule has 5 heteroatoms. The monoisotopic (exact) mass is 198 g/mol. The first-order valence-electron chi connectivity index (χ1n) is 3.91. The van der Waals surface area contributed by atoms with E-state index < -0.39 is 24.2 Å². The molecule has 0 unspecified atom stereocenters. The van der Waals surface area contributed by atoms with E-state index in [0.717, 1.165) is 12.1 Å². The van der Waals surface area contributed by atoms with E-state index in [0.29, 0.717) is 0 Å². The largest absolute Gasteiger partial charge is 0.504 e. The van der Waals surface area contributed by atoms with Crippen molar-refractivity contribution in [3.05, 3.63) is 23.8 Å². The number of aromatic hydroxyl groups is 2. The normalized spacial score (nSPS) is 12.4. The molecule has 1 aromatic carbocycles. The average molecular weight is 198 g/mol. The van der Waals surface area contributed by atoms with Gasteiger partial charge in [-0.1, -0.05) is 0 Å². The highest BCUT2D eigenvalue weighted by molar-refractivity contribution is 5.99. The van der Waals surface area contributed by atoms with Gasteiger partial charge in [-0.3, -0.25) is 4.79 Å². The van der Waals surface area contributed by atoms with Crippen LogP contribution in [0.3, 0.4) is 0 Å². The lowest BCUT2D eigenvalue weighted by Gasteiger charge is -2.06. The molecule has 0 heterocycles. The van der Waals surface area contributed by atoms with Crippen LogP contribution >= 0.6 is 0 Å². The molecule has 0 aliphatic carbocycles. The number of aliphatic hydroxyl groups excluding tert-OH is 2. The van der Waals surface area contributed by atoms with Crippen LogP contribution in [0.2, 0.25) is 0 Å². The zero-order chi connectivity index (χ0) is 10.7. The number of carbonyl (C=O) groups is 1. The highest BCUT2D eigenvalue weighted by Crippen LogP contribution is 2.25. The molecule has 1 rings (SSSR count). The summed E-state index contributed by atoms with van der Waals surface area (Å²) >= 11 is 0. The molecule has 0 fully saturated rings. The molecule has 0 amide bonds. The molecule has 0 saturated heterocycles. The van der Waals surface area contributed by atoms with Gasteiger partial charge in [-0.2, -0.15) is 0 Å². The minimum Gasteiger partial charge on any atom is -0.504 e. The lowest BCUT2D eigenvalue weighted by Crippen LogP contribution is -2.24. The minimum atomic E-state index is -1.50. The van der Waals surface area contributed by atoms with Crippen molar-refractivity contribution in [2.45, 2.75) is 6.10 Å². The van der Waals surface area contributed by atoms with Gasteiger partial charge in [-0.25, -0.2) is 0 Å². The Morgan fingerprint density at radius 2 is 1.93 bits per heavy atom. The van der Waals surface area contributed by atoms with Crippen LogP contribution < -0.4 is 0 Å². The number of benzene rings is 1. The quantitative estimate of drug-likeness (QED) is 0.392. The van der Waals surface area contributed by atoms with Gasteiger partial charge in [0.05, 0.1) is 6.61 Å². The number of hydrogen-bond donors (Lipinski definition) is 4. The van der Waals surface area contributed by atoms with Crippen LogP contribution in [0, 0.1) is 0 Å². The van der Waals surface area contributed by atoms with Crippen LogP contribution in [0.25, 0.3) is 0 Å². The van der Waals surface area contributed by atoms with Crippen LogP contribution in [-0.4, -0.2) is 38.9 Å². The third-order valence-corrected chi connectivity index (χ3v) is 1.74. The molecule has 0 radical (unpaired) electrons. The second kappa shape index (κ2) is 4.08. The molecular formula is C9H10O5. The second-order valence-electron chi connectivity index (χ2n) is 2.77. The maximum Gasteiger partial charge on any atom is 0.193 e. The molecular weight excluding hydrogens is 188 g/mol. The number of rotatable bonds is 3. The summed E-state index contributed by atoms with van der Waals surface area (Å²) in [7, 11) is 0. The van der Waals surface area contributed by atoms with Crippen LogP contribution in [0.5, 0.6) is 11.5 Å². The molecule has 0 aromatic heterocycles. The third-order valence-electron chi connectivity index (χ3n) is 1.74. The lowest BCUT2D eigenvalue weighted by atomic mass is 10.1. The fraction of sp³-hybridized carbons (Fsp3) is 0.222. The zero-order valence-electron chi connectivity index (χ0n) is 7.21. The lowest BCUT2D eigenvalue weighted by molar-refractivity contribution is 0.0587. The van der Waals surface area contributed by atoms with Gasteiger partial charge < -0.3 is 20.4 Å². The summed E-state index contributed by atoms with van der Waals surface area (Å²) in [6.45, 7) is -0.680. The standard InChI is InChI=1S/C9H10O5/c10-4-8(13)9(14)5-1-2-6(11)7(12)3-5/h1-3,8,10-13H,4H2/t8-/m1/s1. The molecule has 0 saturated carbocycles. The van der Waals surface area contributed by atoms with Crippen molar-refractivity contribution in [1.82, 2.24) is 0 Å². The summed E-state index contributed by atoms with van der Waals surface area (Å²) in [4.78, 5) is 11.2. The molecule has 0 bridgehead atoms. The molecule has 14 heavy (non-hydrogen) atoms. The van der Waals surface area contributed by atoms with Crippen molar-refractivity contribution in [1.29, 1.82) is 0 Å². The Bertz CT molecular complexity index is 347. The maximum absolute atomic E-state index is 11.2. The van der Waals surface area contributed by atoms with Crippen LogP contribution in [-0.2, 0) is 0 Å². The van der Waals surface area contributed by atoms with Crippen molar-refractivity contribution in [2.24, 2.45) is 0 Å². The summed E-state index contributed by atoms with van der Waals surface area (Å²) in [6, 6.07) is 3.40. The van der Waals surface area contributed by atoms with E-state index in [1.165, 1.54) is 6.07 Å². The van der Waals surface area contributed by atoms with Gasteiger partial charge in [0.25, 0.3) is 0 Å². The predicted molar refractivity (Wildman–Crippen MR) is 47.2 cm³/mol. The minimum absolute atomic E-state index is 0.0295. The van der Waals surface area contributed by atoms with Crippen LogP contribution in [0.4, 0.5) is 0 Å². The molecule has 0 aliphatic rings. The summed E-state index contributed by atoms with van der Waals surface area (Å²) in [6.07, 6.45) is -1.50. The third kappa shape index (κ3) is 2.01. The van der Waals surface area contributed by atoms with Crippen molar-refractivity contribution in [2.75, 3.05) is 6.61 Å². The number of phenols is 2. The van der Waals surface area contributed by atoms with Gasteiger partial charge in [0.1, 0.15) is 6.10 Å². The summed E-state index contributed by atoms with van der Waals surface area (Å²) < 4.78 is 0. The second-order valence-corrected chi connectivity index (χ2v) is 2.77. The number of aliphatic hydroxyl groups is 2. The van der Waals surface area contributed by atoms with E-state index >= 15 is 0 Å². The Hall–Kier alpha value is -1.59. The van der Waals surface area contributed by atoms with Gasteiger partial charge in [0.15, 0.2) is 17.3 Å². The first kappa shape index (κ1) is 10.5. The first-order valence-corrected chi connectivity index (χ1v) is 3.91. The van der Waals surface area contributed by atoms with Gasteiger partial charge >= 0.3 is 0 Å². The number of Topliss-reactive ketones (excluding diaryl/α,β-unsaturated/α-hetero) is 1. The Kier molecular flexibility index (Phi) is 3.06. The highest BCUT2D eigenvalue weighted by Gasteiger charge is 2.16. The summed E-state index contributed by atoms with van der Waals surface area (Å²) in [5.74, 6) is -1.50. The Balaban J connectivity index is 2.97. The van der Waals surface area contributed by atoms with Gasteiger partial charge in [-0.15, -0.1) is 0 Å². The van der Waals surface area contributed by atoms with Gasteiger partial charge in [0.2, 0.25) is 0 Å². The molecule has 5 nitrogen and oxygen atoms in total. The molecule has 1 aromatic rings. The van der Waals surface area contributed by atoms with Crippen molar-refractivity contribution in [3.8, 4) is 11.5 Å².